The third-order valence-corrected chi connectivity index (χ3v) is 7.17. The van der Waals surface area contributed by atoms with Gasteiger partial charge in [-0.2, -0.15) is 0 Å². The van der Waals surface area contributed by atoms with E-state index in [2.05, 4.69) is 4.98 Å². The number of aliphatic hydroxyl groups is 1. The van der Waals surface area contributed by atoms with Crippen LogP contribution in [-0.4, -0.2) is 42.6 Å². The van der Waals surface area contributed by atoms with Crippen LogP contribution in [0.5, 0.6) is 17.2 Å². The summed E-state index contributed by atoms with van der Waals surface area (Å²) in [6.45, 7) is 2.37. The lowest BCUT2D eigenvalue weighted by atomic mass is 9.94. The Morgan fingerprint density at radius 2 is 1.84 bits per heavy atom. The molecule has 1 aliphatic heterocycles. The number of rotatable bonds is 7. The summed E-state index contributed by atoms with van der Waals surface area (Å²) in [4.78, 5) is 32.9. The fourth-order valence-corrected chi connectivity index (χ4v) is 5.49. The first-order valence-corrected chi connectivity index (χ1v) is 12.5. The Kier molecular flexibility index (Phi) is 6.73. The topological polar surface area (TPSA) is 98.2 Å². The number of para-hydroxylation sites is 1. The molecular weight excluding hydrogens is 511 g/mol. The van der Waals surface area contributed by atoms with Gasteiger partial charge >= 0.3 is 5.91 Å². The number of amides is 1. The van der Waals surface area contributed by atoms with Gasteiger partial charge in [0, 0.05) is 11.1 Å². The van der Waals surface area contributed by atoms with Crippen LogP contribution in [-0.2, 0) is 9.59 Å². The van der Waals surface area contributed by atoms with Gasteiger partial charge in [0.05, 0.1) is 36.6 Å². The average Bonchev–Trinajstić information content (AvgIpc) is 3.45. The smallest absolute Gasteiger partial charge is 0.301 e. The highest BCUT2D eigenvalue weighted by atomic mass is 32.1. The average molecular weight is 535 g/mol. The first-order valence-electron chi connectivity index (χ1n) is 11.7. The molecule has 0 bridgehead atoms. The van der Waals surface area contributed by atoms with Crippen LogP contribution in [0.3, 0.4) is 0 Å². The number of anilines is 1. The van der Waals surface area contributed by atoms with E-state index in [0.717, 1.165) is 16.8 Å². The number of halogens is 1. The number of aliphatic hydroxyl groups excluding tert-OH is 1. The zero-order valence-corrected chi connectivity index (χ0v) is 21.5. The second-order valence-electron chi connectivity index (χ2n) is 8.32. The fourth-order valence-electron chi connectivity index (χ4n) is 4.47. The number of hydrogen-bond donors (Lipinski definition) is 1. The molecule has 8 nitrogen and oxygen atoms in total. The van der Waals surface area contributed by atoms with E-state index in [1.165, 1.54) is 42.6 Å². The van der Waals surface area contributed by atoms with Gasteiger partial charge in [-0.15, -0.1) is 0 Å². The Hall–Kier alpha value is -4.44. The Balaban J connectivity index is 1.75. The Morgan fingerprint density at radius 1 is 1.08 bits per heavy atom. The number of nitrogens with zero attached hydrogens (tertiary/aromatic N) is 2. The second kappa shape index (κ2) is 10.1. The highest BCUT2D eigenvalue weighted by Gasteiger charge is 2.49. The van der Waals surface area contributed by atoms with Gasteiger partial charge in [0.25, 0.3) is 5.78 Å². The SMILES string of the molecule is CCOc1ccc2nc(N3C(=O)C(=O)C(=C(O)c4ccc(F)cc4)C3c3cccc(OC)c3OC)sc2c1. The van der Waals surface area contributed by atoms with Crippen molar-refractivity contribution >= 4 is 44.1 Å². The van der Waals surface area contributed by atoms with Gasteiger partial charge in [-0.1, -0.05) is 23.5 Å². The summed E-state index contributed by atoms with van der Waals surface area (Å²) in [5.41, 5.74) is 1.03. The maximum absolute atomic E-state index is 13.6. The molecule has 1 N–H and O–H groups in total. The molecule has 0 aliphatic carbocycles. The van der Waals surface area contributed by atoms with Crippen molar-refractivity contribution in [2.75, 3.05) is 25.7 Å². The molecule has 1 aliphatic rings. The van der Waals surface area contributed by atoms with Gasteiger partial charge in [-0.25, -0.2) is 9.37 Å². The monoisotopic (exact) mass is 534 g/mol. The lowest BCUT2D eigenvalue weighted by Gasteiger charge is -2.25. The molecule has 2 heterocycles. The summed E-state index contributed by atoms with van der Waals surface area (Å²) < 4.78 is 31.0. The Morgan fingerprint density at radius 3 is 2.53 bits per heavy atom. The number of ether oxygens (including phenoxy) is 3. The minimum absolute atomic E-state index is 0.178. The lowest BCUT2D eigenvalue weighted by molar-refractivity contribution is -0.132. The van der Waals surface area contributed by atoms with Crippen LogP contribution in [0.15, 0.2) is 66.2 Å². The van der Waals surface area contributed by atoms with Gasteiger partial charge in [0.2, 0.25) is 0 Å². The van der Waals surface area contributed by atoms with Gasteiger partial charge in [-0.05, 0) is 55.5 Å². The number of ketones is 1. The summed E-state index contributed by atoms with van der Waals surface area (Å²) in [7, 11) is 2.92. The van der Waals surface area contributed by atoms with E-state index in [1.54, 1.807) is 30.3 Å². The number of aromatic nitrogens is 1. The molecule has 0 radical (unpaired) electrons. The quantitative estimate of drug-likeness (QED) is 0.191. The van der Waals surface area contributed by atoms with Crippen LogP contribution in [0.25, 0.3) is 16.0 Å². The molecular formula is C28H23FN2O6S. The summed E-state index contributed by atoms with van der Waals surface area (Å²) >= 11 is 1.21. The lowest BCUT2D eigenvalue weighted by Crippen LogP contribution is -2.29. The maximum atomic E-state index is 13.6. The van der Waals surface area contributed by atoms with Crippen molar-refractivity contribution in [1.29, 1.82) is 0 Å². The molecule has 1 amide bonds. The number of carbonyl (C=O) groups is 2. The highest BCUT2D eigenvalue weighted by molar-refractivity contribution is 7.22. The molecule has 3 aromatic carbocycles. The molecule has 1 atom stereocenters. The zero-order chi connectivity index (χ0) is 27.0. The standard InChI is InChI=1S/C28H23FN2O6S/c1-4-37-17-12-13-19-21(14-17)38-28(30-19)31-23(18-6-5-7-20(35-2)26(18)36-3)22(25(33)27(31)34)24(32)15-8-10-16(29)11-9-15/h5-14,23,32H,4H2,1-3H3. The van der Waals surface area contributed by atoms with E-state index in [4.69, 9.17) is 14.2 Å². The zero-order valence-electron chi connectivity index (χ0n) is 20.7. The number of hydrogen-bond acceptors (Lipinski definition) is 8. The Bertz CT molecular complexity index is 1580. The van der Waals surface area contributed by atoms with Crippen LogP contribution in [0.2, 0.25) is 0 Å². The summed E-state index contributed by atoms with van der Waals surface area (Å²) in [5.74, 6) is -1.41. The van der Waals surface area contributed by atoms with Crippen molar-refractivity contribution in [3.05, 3.63) is 83.2 Å². The number of benzene rings is 3. The molecule has 0 saturated carbocycles. The van der Waals surface area contributed by atoms with Crippen LogP contribution < -0.4 is 19.1 Å². The van der Waals surface area contributed by atoms with E-state index in [1.807, 2.05) is 13.0 Å². The number of carbonyl (C=O) groups excluding carboxylic acids is 2. The highest BCUT2D eigenvalue weighted by Crippen LogP contribution is 2.48. The first-order chi connectivity index (χ1) is 18.4. The van der Waals surface area contributed by atoms with Crippen LogP contribution in [0.4, 0.5) is 9.52 Å². The van der Waals surface area contributed by atoms with Gasteiger partial charge in [0.15, 0.2) is 16.6 Å². The van der Waals surface area contributed by atoms with Crippen molar-refractivity contribution in [2.45, 2.75) is 13.0 Å². The van der Waals surface area contributed by atoms with E-state index < -0.39 is 29.3 Å². The summed E-state index contributed by atoms with van der Waals surface area (Å²) in [6, 6.07) is 14.3. The molecule has 4 aromatic rings. The minimum Gasteiger partial charge on any atom is -0.507 e. The van der Waals surface area contributed by atoms with E-state index in [-0.39, 0.29) is 22.0 Å². The molecule has 0 spiro atoms. The number of fused-ring (bicyclic) bond motifs is 1. The van der Waals surface area contributed by atoms with Crippen molar-refractivity contribution in [3.8, 4) is 17.2 Å². The van der Waals surface area contributed by atoms with Crippen molar-refractivity contribution in [3.63, 3.8) is 0 Å². The van der Waals surface area contributed by atoms with E-state index in [9.17, 15) is 19.1 Å². The third kappa shape index (κ3) is 4.22. The van der Waals surface area contributed by atoms with Crippen molar-refractivity contribution in [1.82, 2.24) is 4.98 Å². The van der Waals surface area contributed by atoms with Gasteiger partial charge in [0.1, 0.15) is 23.4 Å². The van der Waals surface area contributed by atoms with Gasteiger partial charge < -0.3 is 19.3 Å². The van der Waals surface area contributed by atoms with Crippen LogP contribution >= 0.6 is 11.3 Å². The van der Waals surface area contributed by atoms with Crippen molar-refractivity contribution in [2.24, 2.45) is 0 Å². The number of thiazole rings is 1. The van der Waals surface area contributed by atoms with Crippen LogP contribution in [0.1, 0.15) is 24.1 Å². The predicted octanol–water partition coefficient (Wildman–Crippen LogP) is 5.48. The van der Waals surface area contributed by atoms with E-state index in [0.29, 0.717) is 29.2 Å². The molecule has 1 saturated heterocycles. The normalized spacial score (nSPS) is 16.7. The maximum Gasteiger partial charge on any atom is 0.301 e. The van der Waals surface area contributed by atoms with E-state index >= 15 is 0 Å². The molecule has 10 heteroatoms. The van der Waals surface area contributed by atoms with Crippen molar-refractivity contribution < 1.29 is 33.3 Å². The molecule has 38 heavy (non-hydrogen) atoms. The molecule has 1 unspecified atom stereocenters. The van der Waals surface area contributed by atoms with Gasteiger partial charge in [-0.3, -0.25) is 14.5 Å². The Labute approximate surface area is 221 Å². The molecule has 1 aromatic heterocycles. The summed E-state index contributed by atoms with van der Waals surface area (Å²) in [6.07, 6.45) is 0. The minimum atomic E-state index is -1.10. The molecule has 5 rings (SSSR count). The second-order valence-corrected chi connectivity index (χ2v) is 9.33. The fraction of sp³-hybridized carbons (Fsp3) is 0.179. The third-order valence-electron chi connectivity index (χ3n) is 6.16. The largest absolute Gasteiger partial charge is 0.507 e. The molecule has 1 fully saturated rings. The molecule has 194 valence electrons. The number of methoxy groups -OCH3 is 2. The van der Waals surface area contributed by atoms with Crippen LogP contribution in [0, 0.1) is 5.82 Å². The first kappa shape index (κ1) is 25.2. The summed E-state index contributed by atoms with van der Waals surface area (Å²) in [5, 5.41) is 11.5. The number of Topliss-reactive ketones (excluding diaryl/α,β-unsaturated/α-hetero) is 1. The predicted molar refractivity (Wildman–Crippen MR) is 142 cm³/mol.